The molecule has 9 heteroatoms. The normalized spacial score (nSPS) is 10.3. The molecular formula is C11H10ClN5O3. The predicted octanol–water partition coefficient (Wildman–Crippen LogP) is 1.31. The molecule has 0 aliphatic rings. The molecule has 2 heterocycles. The number of amides is 1. The number of carbonyl (C=O) groups is 1. The number of aromatic nitrogens is 3. The Hall–Kier alpha value is -2.48. The van der Waals surface area contributed by atoms with Gasteiger partial charge in [-0.15, -0.1) is 0 Å². The second kappa shape index (κ2) is 5.66. The summed E-state index contributed by atoms with van der Waals surface area (Å²) in [6.45, 7) is 0.182. The minimum atomic E-state index is -0.640. The number of nitrogens with zero attached hydrogens (tertiary/aromatic N) is 4. The topological polar surface area (TPSA) is 103 Å². The summed E-state index contributed by atoms with van der Waals surface area (Å²) in [5.41, 5.74) is -0.341. The van der Waals surface area contributed by atoms with E-state index < -0.39 is 10.8 Å². The van der Waals surface area contributed by atoms with Crippen LogP contribution in [0.1, 0.15) is 16.2 Å². The number of hydrogen-bond donors (Lipinski definition) is 1. The van der Waals surface area contributed by atoms with Crippen LogP contribution in [-0.4, -0.2) is 25.4 Å². The van der Waals surface area contributed by atoms with E-state index in [0.717, 1.165) is 12.3 Å². The van der Waals surface area contributed by atoms with Crippen molar-refractivity contribution < 1.29 is 9.72 Å². The van der Waals surface area contributed by atoms with Crippen LogP contribution in [0, 0.1) is 10.1 Å². The van der Waals surface area contributed by atoms with Crippen LogP contribution in [0.15, 0.2) is 24.7 Å². The van der Waals surface area contributed by atoms with Crippen molar-refractivity contribution in [3.8, 4) is 0 Å². The first-order valence-electron chi connectivity index (χ1n) is 5.53. The molecule has 0 bridgehead atoms. The second-order valence-electron chi connectivity index (χ2n) is 3.93. The molecule has 0 atom stereocenters. The van der Waals surface area contributed by atoms with Crippen LogP contribution in [0.5, 0.6) is 0 Å². The lowest BCUT2D eigenvalue weighted by Crippen LogP contribution is -2.25. The van der Waals surface area contributed by atoms with Gasteiger partial charge < -0.3 is 9.88 Å². The second-order valence-corrected chi connectivity index (χ2v) is 4.28. The Balaban J connectivity index is 2.15. The molecule has 2 rings (SSSR count). The molecule has 0 spiro atoms. The van der Waals surface area contributed by atoms with Gasteiger partial charge in [0.2, 0.25) is 0 Å². The van der Waals surface area contributed by atoms with Gasteiger partial charge in [0.05, 0.1) is 17.0 Å². The van der Waals surface area contributed by atoms with Gasteiger partial charge in [-0.3, -0.25) is 14.9 Å². The zero-order chi connectivity index (χ0) is 14.7. The lowest BCUT2D eigenvalue weighted by molar-refractivity contribution is -0.385. The molecule has 0 unspecified atom stereocenters. The minimum absolute atomic E-state index is 0.0462. The van der Waals surface area contributed by atoms with E-state index in [2.05, 4.69) is 15.3 Å². The Bertz CT molecular complexity index is 670. The summed E-state index contributed by atoms with van der Waals surface area (Å²) in [6.07, 6.45) is 4.34. The summed E-state index contributed by atoms with van der Waals surface area (Å²) < 4.78 is 1.74. The Morgan fingerprint density at radius 2 is 2.30 bits per heavy atom. The number of aryl methyl sites for hydroxylation is 1. The van der Waals surface area contributed by atoms with Crippen molar-refractivity contribution in [3.05, 3.63) is 51.3 Å². The Morgan fingerprint density at radius 3 is 2.90 bits per heavy atom. The average molecular weight is 296 g/mol. The zero-order valence-corrected chi connectivity index (χ0v) is 11.2. The first-order chi connectivity index (χ1) is 9.49. The Kier molecular flexibility index (Phi) is 3.94. The van der Waals surface area contributed by atoms with Crippen molar-refractivity contribution in [1.82, 2.24) is 19.9 Å². The third-order valence-electron chi connectivity index (χ3n) is 2.61. The summed E-state index contributed by atoms with van der Waals surface area (Å²) in [5, 5.41) is 13.1. The number of nitrogens with one attached hydrogen (secondary N) is 1. The van der Waals surface area contributed by atoms with Crippen LogP contribution in [-0.2, 0) is 13.6 Å². The van der Waals surface area contributed by atoms with E-state index >= 15 is 0 Å². The molecule has 104 valence electrons. The molecular weight excluding hydrogens is 286 g/mol. The van der Waals surface area contributed by atoms with E-state index in [1.165, 1.54) is 0 Å². The quantitative estimate of drug-likeness (QED) is 0.520. The standard InChI is InChI=1S/C11H10ClN5O3/c1-16-3-2-13-9(16)6-15-11(18)8-4-7(17(19)20)5-14-10(8)12/h2-5H,6H2,1H3,(H,15,18). The van der Waals surface area contributed by atoms with E-state index in [1.807, 2.05) is 0 Å². The van der Waals surface area contributed by atoms with Gasteiger partial charge in [0.15, 0.2) is 0 Å². The van der Waals surface area contributed by atoms with Crippen molar-refractivity contribution in [3.63, 3.8) is 0 Å². The monoisotopic (exact) mass is 295 g/mol. The largest absolute Gasteiger partial charge is 0.345 e. The third-order valence-corrected chi connectivity index (χ3v) is 2.91. The van der Waals surface area contributed by atoms with E-state index in [-0.39, 0.29) is 22.9 Å². The summed E-state index contributed by atoms with van der Waals surface area (Å²) >= 11 is 5.77. The van der Waals surface area contributed by atoms with Crippen LogP contribution in [0.4, 0.5) is 5.69 Å². The molecule has 20 heavy (non-hydrogen) atoms. The summed E-state index contributed by atoms with van der Waals surface area (Å²) in [6, 6.07) is 1.09. The zero-order valence-electron chi connectivity index (χ0n) is 10.4. The van der Waals surface area contributed by atoms with Gasteiger partial charge in [-0.05, 0) is 0 Å². The maximum atomic E-state index is 12.0. The van der Waals surface area contributed by atoms with Crippen molar-refractivity contribution >= 4 is 23.2 Å². The number of hydrogen-bond acceptors (Lipinski definition) is 5. The molecule has 1 amide bonds. The van der Waals surface area contributed by atoms with Crippen LogP contribution in [0.3, 0.4) is 0 Å². The summed E-state index contributed by atoms with van der Waals surface area (Å²) in [7, 11) is 1.79. The third kappa shape index (κ3) is 2.91. The van der Waals surface area contributed by atoms with Gasteiger partial charge in [-0.1, -0.05) is 11.6 Å². The molecule has 0 saturated heterocycles. The number of nitro groups is 1. The molecule has 0 fully saturated rings. The number of carbonyl (C=O) groups excluding carboxylic acids is 1. The van der Waals surface area contributed by atoms with E-state index in [0.29, 0.717) is 5.82 Å². The van der Waals surface area contributed by atoms with Gasteiger partial charge in [-0.2, -0.15) is 0 Å². The fourth-order valence-corrected chi connectivity index (χ4v) is 1.71. The molecule has 1 N–H and O–H groups in total. The molecule has 0 saturated carbocycles. The van der Waals surface area contributed by atoms with Gasteiger partial charge in [0.1, 0.15) is 17.2 Å². The van der Waals surface area contributed by atoms with Gasteiger partial charge >= 0.3 is 0 Å². The molecule has 0 aliphatic carbocycles. The van der Waals surface area contributed by atoms with Gasteiger partial charge in [-0.25, -0.2) is 9.97 Å². The van der Waals surface area contributed by atoms with Crippen molar-refractivity contribution in [1.29, 1.82) is 0 Å². The number of rotatable bonds is 4. The Labute approximate surface area is 118 Å². The molecule has 2 aromatic rings. The predicted molar refractivity (Wildman–Crippen MR) is 70.3 cm³/mol. The Morgan fingerprint density at radius 1 is 1.55 bits per heavy atom. The van der Waals surface area contributed by atoms with Crippen LogP contribution in [0.2, 0.25) is 5.15 Å². The van der Waals surface area contributed by atoms with Crippen LogP contribution < -0.4 is 5.32 Å². The summed E-state index contributed by atoms with van der Waals surface area (Å²) in [4.78, 5) is 29.6. The lowest BCUT2D eigenvalue weighted by Gasteiger charge is -2.06. The van der Waals surface area contributed by atoms with Crippen molar-refractivity contribution in [2.45, 2.75) is 6.54 Å². The van der Waals surface area contributed by atoms with Gasteiger partial charge in [0.25, 0.3) is 11.6 Å². The maximum Gasteiger partial charge on any atom is 0.288 e. The highest BCUT2D eigenvalue weighted by molar-refractivity contribution is 6.32. The first kappa shape index (κ1) is 13.9. The number of imidazole rings is 1. The molecule has 8 nitrogen and oxygen atoms in total. The van der Waals surface area contributed by atoms with Crippen LogP contribution in [0.25, 0.3) is 0 Å². The van der Waals surface area contributed by atoms with Crippen molar-refractivity contribution in [2.75, 3.05) is 0 Å². The SMILES string of the molecule is Cn1ccnc1CNC(=O)c1cc([N+](=O)[O-])cnc1Cl. The number of pyridine rings is 1. The maximum absolute atomic E-state index is 12.0. The van der Waals surface area contributed by atoms with E-state index in [4.69, 9.17) is 11.6 Å². The lowest BCUT2D eigenvalue weighted by atomic mass is 10.2. The van der Waals surface area contributed by atoms with Crippen LogP contribution >= 0.6 is 11.6 Å². The smallest absolute Gasteiger partial charge is 0.288 e. The molecule has 0 radical (unpaired) electrons. The highest BCUT2D eigenvalue weighted by Gasteiger charge is 2.17. The molecule has 2 aromatic heterocycles. The minimum Gasteiger partial charge on any atom is -0.345 e. The van der Waals surface area contributed by atoms with E-state index in [9.17, 15) is 14.9 Å². The molecule has 0 aliphatic heterocycles. The number of halogens is 1. The van der Waals surface area contributed by atoms with E-state index in [1.54, 1.807) is 24.0 Å². The average Bonchev–Trinajstić information content (AvgIpc) is 2.81. The molecule has 0 aromatic carbocycles. The fourth-order valence-electron chi connectivity index (χ4n) is 1.52. The first-order valence-corrected chi connectivity index (χ1v) is 5.91. The van der Waals surface area contributed by atoms with Gasteiger partial charge in [0, 0.05) is 25.5 Å². The highest BCUT2D eigenvalue weighted by Crippen LogP contribution is 2.18. The summed E-state index contributed by atoms with van der Waals surface area (Å²) in [5.74, 6) is 0.0991. The highest BCUT2D eigenvalue weighted by atomic mass is 35.5. The fraction of sp³-hybridized carbons (Fsp3) is 0.182. The van der Waals surface area contributed by atoms with Crippen molar-refractivity contribution in [2.24, 2.45) is 7.05 Å².